The van der Waals surface area contributed by atoms with Crippen LogP contribution in [0.25, 0.3) is 0 Å². The van der Waals surface area contributed by atoms with Gasteiger partial charge >= 0.3 is 0 Å². The van der Waals surface area contributed by atoms with Gasteiger partial charge in [0.15, 0.2) is 0 Å². The number of thiophene rings is 1. The van der Waals surface area contributed by atoms with Crippen LogP contribution < -0.4 is 0 Å². The van der Waals surface area contributed by atoms with Gasteiger partial charge in [0.1, 0.15) is 0 Å². The molecule has 0 unspecified atom stereocenters. The summed E-state index contributed by atoms with van der Waals surface area (Å²) in [6, 6.07) is 20.2. The standard InChI is InChI=1S/C31H39N3O3S2/c1-31(2,3)25-10-12-26(13-11-25)39(36,37)34-18-7-17-32(21-22-34)29(35)15-20-33-19-14-28-27(16-23-38-28)30(33)24-8-5-4-6-9-24/h4-6,8-13,16,23,30H,7,14-15,17-22H2,1-3H3/t30-/m0/s1. The Labute approximate surface area is 237 Å². The first kappa shape index (κ1) is 28.0. The fraction of sp³-hybridized carbons (Fsp3) is 0.452. The molecule has 1 atom stereocenters. The van der Waals surface area contributed by atoms with Crippen LogP contribution in [-0.2, 0) is 26.7 Å². The Morgan fingerprint density at radius 1 is 0.923 bits per heavy atom. The Morgan fingerprint density at radius 3 is 2.38 bits per heavy atom. The van der Waals surface area contributed by atoms with E-state index in [0.29, 0.717) is 50.5 Å². The van der Waals surface area contributed by atoms with Gasteiger partial charge in [-0.05, 0) is 58.5 Å². The highest BCUT2D eigenvalue weighted by Crippen LogP contribution is 2.37. The third-order valence-electron chi connectivity index (χ3n) is 7.96. The van der Waals surface area contributed by atoms with Crippen LogP contribution in [0, 0.1) is 0 Å². The molecular weight excluding hydrogens is 526 g/mol. The van der Waals surface area contributed by atoms with Gasteiger partial charge in [-0.25, -0.2) is 8.42 Å². The number of amides is 1. The molecule has 1 saturated heterocycles. The third kappa shape index (κ3) is 6.14. The first-order valence-corrected chi connectivity index (χ1v) is 16.2. The Hall–Kier alpha value is -2.52. The molecule has 3 heterocycles. The number of rotatable bonds is 6. The van der Waals surface area contributed by atoms with Crippen molar-refractivity contribution in [3.63, 3.8) is 0 Å². The van der Waals surface area contributed by atoms with E-state index in [4.69, 9.17) is 0 Å². The van der Waals surface area contributed by atoms with Gasteiger partial charge in [0.25, 0.3) is 0 Å². The predicted molar refractivity (Wildman–Crippen MR) is 158 cm³/mol. The minimum Gasteiger partial charge on any atom is -0.341 e. The lowest BCUT2D eigenvalue weighted by atomic mass is 9.87. The molecule has 39 heavy (non-hydrogen) atoms. The molecule has 0 saturated carbocycles. The molecule has 0 radical (unpaired) electrons. The van der Waals surface area contributed by atoms with E-state index in [1.807, 2.05) is 34.4 Å². The zero-order valence-electron chi connectivity index (χ0n) is 23.2. The summed E-state index contributed by atoms with van der Waals surface area (Å²) in [5, 5.41) is 2.17. The molecule has 1 fully saturated rings. The molecule has 0 bridgehead atoms. The van der Waals surface area contributed by atoms with Gasteiger partial charge < -0.3 is 4.90 Å². The molecule has 0 N–H and O–H groups in total. The van der Waals surface area contributed by atoms with Crippen molar-refractivity contribution in [1.29, 1.82) is 0 Å². The second-order valence-electron chi connectivity index (χ2n) is 11.6. The molecule has 2 aliphatic rings. The lowest BCUT2D eigenvalue weighted by Gasteiger charge is -2.36. The van der Waals surface area contributed by atoms with Crippen molar-refractivity contribution in [3.05, 3.63) is 87.6 Å². The molecule has 1 amide bonds. The quantitative estimate of drug-likeness (QED) is 0.407. The van der Waals surface area contributed by atoms with Crippen molar-refractivity contribution in [2.75, 3.05) is 39.3 Å². The second-order valence-corrected chi connectivity index (χ2v) is 14.5. The van der Waals surface area contributed by atoms with Crippen LogP contribution in [0.3, 0.4) is 0 Å². The van der Waals surface area contributed by atoms with Crippen molar-refractivity contribution in [2.45, 2.75) is 56.4 Å². The van der Waals surface area contributed by atoms with E-state index in [-0.39, 0.29) is 17.4 Å². The first-order valence-electron chi connectivity index (χ1n) is 13.9. The van der Waals surface area contributed by atoms with Gasteiger partial charge in [-0.15, -0.1) is 11.3 Å². The van der Waals surface area contributed by atoms with Gasteiger partial charge in [-0.1, -0.05) is 63.2 Å². The highest BCUT2D eigenvalue weighted by atomic mass is 32.2. The van der Waals surface area contributed by atoms with Crippen molar-refractivity contribution in [1.82, 2.24) is 14.1 Å². The van der Waals surface area contributed by atoms with Crippen LogP contribution in [0.1, 0.15) is 61.2 Å². The SMILES string of the molecule is CC(C)(C)c1ccc(S(=O)(=O)N2CCCN(C(=O)CCN3CCc4sccc4[C@@H]3c3ccccc3)CC2)cc1. The minimum atomic E-state index is -3.60. The molecule has 5 rings (SSSR count). The van der Waals surface area contributed by atoms with Gasteiger partial charge in [-0.2, -0.15) is 4.31 Å². The van der Waals surface area contributed by atoms with Crippen LogP contribution in [0.4, 0.5) is 0 Å². The van der Waals surface area contributed by atoms with E-state index in [9.17, 15) is 13.2 Å². The number of fused-ring (bicyclic) bond motifs is 1. The highest BCUT2D eigenvalue weighted by molar-refractivity contribution is 7.89. The Morgan fingerprint density at radius 2 is 1.67 bits per heavy atom. The second kappa shape index (κ2) is 11.5. The maximum absolute atomic E-state index is 13.4. The summed E-state index contributed by atoms with van der Waals surface area (Å²) < 4.78 is 28.3. The van der Waals surface area contributed by atoms with Gasteiger partial charge in [0.2, 0.25) is 15.9 Å². The Bertz CT molecular complexity index is 1380. The lowest BCUT2D eigenvalue weighted by Crippen LogP contribution is -2.40. The molecule has 8 heteroatoms. The summed E-state index contributed by atoms with van der Waals surface area (Å²) in [6.45, 7) is 9.72. The normalized spacial score (nSPS) is 19.5. The molecule has 1 aromatic heterocycles. The minimum absolute atomic E-state index is 0.0347. The van der Waals surface area contributed by atoms with Crippen LogP contribution >= 0.6 is 11.3 Å². The molecule has 2 aliphatic heterocycles. The smallest absolute Gasteiger partial charge is 0.243 e. The first-order chi connectivity index (χ1) is 18.6. The summed E-state index contributed by atoms with van der Waals surface area (Å²) >= 11 is 1.82. The lowest BCUT2D eigenvalue weighted by molar-refractivity contribution is -0.131. The molecular formula is C31H39N3O3S2. The van der Waals surface area contributed by atoms with Gasteiger partial charge in [0.05, 0.1) is 10.9 Å². The molecule has 2 aromatic carbocycles. The zero-order valence-corrected chi connectivity index (χ0v) is 24.8. The van der Waals surface area contributed by atoms with Crippen molar-refractivity contribution in [2.24, 2.45) is 0 Å². The number of nitrogens with zero attached hydrogens (tertiary/aromatic N) is 3. The summed E-state index contributed by atoms with van der Waals surface area (Å²) in [4.78, 5) is 19.4. The summed E-state index contributed by atoms with van der Waals surface area (Å²) in [6.07, 6.45) is 2.08. The van der Waals surface area contributed by atoms with Crippen LogP contribution in [0.2, 0.25) is 0 Å². The summed E-state index contributed by atoms with van der Waals surface area (Å²) in [7, 11) is -3.60. The number of carbonyl (C=O) groups excluding carboxylic acids is 1. The maximum atomic E-state index is 13.4. The Balaban J connectivity index is 1.21. The van der Waals surface area contributed by atoms with Crippen LogP contribution in [-0.4, -0.2) is 67.7 Å². The highest BCUT2D eigenvalue weighted by Gasteiger charge is 2.32. The van der Waals surface area contributed by atoms with Crippen molar-refractivity contribution < 1.29 is 13.2 Å². The van der Waals surface area contributed by atoms with Crippen molar-refractivity contribution in [3.8, 4) is 0 Å². The van der Waals surface area contributed by atoms with E-state index < -0.39 is 10.0 Å². The predicted octanol–water partition coefficient (Wildman–Crippen LogP) is 5.31. The Kier molecular flexibility index (Phi) is 8.29. The average molecular weight is 566 g/mol. The van der Waals surface area contributed by atoms with Crippen LogP contribution in [0.5, 0.6) is 0 Å². The molecule has 0 aliphatic carbocycles. The van der Waals surface area contributed by atoms with Crippen molar-refractivity contribution >= 4 is 27.3 Å². The molecule has 6 nitrogen and oxygen atoms in total. The fourth-order valence-corrected chi connectivity index (χ4v) is 8.07. The maximum Gasteiger partial charge on any atom is 0.243 e. The monoisotopic (exact) mass is 565 g/mol. The summed E-state index contributed by atoms with van der Waals surface area (Å²) in [5.41, 5.74) is 3.69. The molecule has 0 spiro atoms. The van der Waals surface area contributed by atoms with Gasteiger partial charge in [0, 0.05) is 50.6 Å². The summed E-state index contributed by atoms with van der Waals surface area (Å²) in [5.74, 6) is 0.103. The van der Waals surface area contributed by atoms with E-state index in [1.165, 1.54) is 16.0 Å². The number of hydrogen-bond acceptors (Lipinski definition) is 5. The molecule has 3 aromatic rings. The third-order valence-corrected chi connectivity index (χ3v) is 10.9. The van der Waals surface area contributed by atoms with Gasteiger partial charge in [-0.3, -0.25) is 9.69 Å². The number of hydrogen-bond donors (Lipinski definition) is 0. The van der Waals surface area contributed by atoms with E-state index in [2.05, 4.69) is 61.4 Å². The molecule has 208 valence electrons. The van der Waals surface area contributed by atoms with E-state index in [1.54, 1.807) is 16.4 Å². The van der Waals surface area contributed by atoms with E-state index >= 15 is 0 Å². The van der Waals surface area contributed by atoms with Crippen LogP contribution in [0.15, 0.2) is 70.9 Å². The van der Waals surface area contributed by atoms with E-state index in [0.717, 1.165) is 18.5 Å². The number of carbonyl (C=O) groups is 1. The largest absolute Gasteiger partial charge is 0.341 e. The number of benzene rings is 2. The number of sulfonamides is 1. The topological polar surface area (TPSA) is 60.9 Å². The average Bonchev–Trinajstić information content (AvgIpc) is 3.26. The zero-order chi connectivity index (χ0) is 27.6. The fourth-order valence-electron chi connectivity index (χ4n) is 5.69.